The molecule has 2 saturated carbocycles. The van der Waals surface area contributed by atoms with Crippen LogP contribution < -0.4 is 5.32 Å². The highest BCUT2D eigenvalue weighted by Crippen LogP contribution is 2.43. The Morgan fingerprint density at radius 1 is 1.22 bits per heavy atom. The summed E-state index contributed by atoms with van der Waals surface area (Å²) < 4.78 is 0. The molecule has 1 saturated heterocycles. The lowest BCUT2D eigenvalue weighted by Gasteiger charge is -2.42. The summed E-state index contributed by atoms with van der Waals surface area (Å²) in [5.74, 6) is 0.0637. The minimum Gasteiger partial charge on any atom is -0.355 e. The molecule has 4 nitrogen and oxygen atoms in total. The molecule has 2 aliphatic carbocycles. The monoisotopic (exact) mass is 312 g/mol. The number of nitrogens with zero attached hydrogens (tertiary/aromatic N) is 1. The molecule has 2 amide bonds. The van der Waals surface area contributed by atoms with Crippen molar-refractivity contribution >= 4 is 11.8 Å². The van der Waals surface area contributed by atoms with Crippen molar-refractivity contribution in [3.8, 4) is 0 Å². The van der Waals surface area contributed by atoms with E-state index in [9.17, 15) is 9.59 Å². The van der Waals surface area contributed by atoms with E-state index in [1.165, 1.54) is 12.0 Å². The van der Waals surface area contributed by atoms with E-state index in [0.717, 1.165) is 25.7 Å². The zero-order chi connectivity index (χ0) is 15.9. The second-order valence-electron chi connectivity index (χ2n) is 7.40. The normalized spacial score (nSPS) is 26.0. The maximum Gasteiger partial charge on any atom is 0.225 e. The van der Waals surface area contributed by atoms with Gasteiger partial charge in [-0.15, -0.1) is 0 Å². The van der Waals surface area contributed by atoms with E-state index in [1.807, 2.05) is 11.0 Å². The van der Waals surface area contributed by atoms with E-state index in [4.69, 9.17) is 0 Å². The second kappa shape index (κ2) is 5.66. The van der Waals surface area contributed by atoms with Crippen LogP contribution in [-0.2, 0) is 15.0 Å². The fourth-order valence-corrected chi connectivity index (χ4v) is 4.01. The van der Waals surface area contributed by atoms with E-state index in [1.54, 1.807) is 0 Å². The van der Waals surface area contributed by atoms with Crippen molar-refractivity contribution in [3.63, 3.8) is 0 Å². The van der Waals surface area contributed by atoms with Crippen LogP contribution in [-0.4, -0.2) is 35.8 Å². The summed E-state index contributed by atoms with van der Waals surface area (Å²) >= 11 is 0. The number of hydrogen-bond acceptors (Lipinski definition) is 2. The van der Waals surface area contributed by atoms with Gasteiger partial charge in [0.15, 0.2) is 0 Å². The van der Waals surface area contributed by atoms with Crippen LogP contribution in [0.5, 0.6) is 0 Å². The van der Waals surface area contributed by atoms with Crippen molar-refractivity contribution in [1.82, 2.24) is 10.2 Å². The van der Waals surface area contributed by atoms with Crippen LogP contribution in [0.4, 0.5) is 0 Å². The van der Waals surface area contributed by atoms with Gasteiger partial charge in [0.05, 0.1) is 5.92 Å². The van der Waals surface area contributed by atoms with Gasteiger partial charge >= 0.3 is 0 Å². The summed E-state index contributed by atoms with van der Waals surface area (Å²) in [5.41, 5.74) is 1.43. The first-order valence-corrected chi connectivity index (χ1v) is 8.81. The van der Waals surface area contributed by atoms with Crippen molar-refractivity contribution in [1.29, 1.82) is 0 Å². The quantitative estimate of drug-likeness (QED) is 0.906. The zero-order valence-corrected chi connectivity index (χ0v) is 13.5. The van der Waals surface area contributed by atoms with Gasteiger partial charge in [-0.3, -0.25) is 9.59 Å². The predicted octanol–water partition coefficient (Wildman–Crippen LogP) is 2.24. The maximum absolute atomic E-state index is 12.5. The molecule has 1 aliphatic heterocycles. The Morgan fingerprint density at radius 2 is 1.96 bits per heavy atom. The zero-order valence-electron chi connectivity index (χ0n) is 13.5. The number of rotatable bonds is 5. The summed E-state index contributed by atoms with van der Waals surface area (Å²) in [6, 6.07) is 10.9. The largest absolute Gasteiger partial charge is 0.355 e. The van der Waals surface area contributed by atoms with Crippen molar-refractivity contribution in [3.05, 3.63) is 35.9 Å². The fraction of sp³-hybridized carbons (Fsp3) is 0.579. The van der Waals surface area contributed by atoms with E-state index in [-0.39, 0.29) is 23.1 Å². The molecule has 1 atom stereocenters. The molecule has 1 aromatic rings. The van der Waals surface area contributed by atoms with E-state index >= 15 is 0 Å². The lowest BCUT2D eigenvalue weighted by atomic mass is 9.64. The van der Waals surface area contributed by atoms with Gasteiger partial charge in [-0.25, -0.2) is 0 Å². The van der Waals surface area contributed by atoms with Gasteiger partial charge in [-0.05, 0) is 31.2 Å². The summed E-state index contributed by atoms with van der Waals surface area (Å²) in [6.45, 7) is 1.32. The SMILES string of the molecule is O=C(NCC1(c2ccccc2)CCC1)C1CC(=O)N(C2CC2)C1. The van der Waals surface area contributed by atoms with Crippen LogP contribution in [0.3, 0.4) is 0 Å². The van der Waals surface area contributed by atoms with E-state index < -0.39 is 0 Å². The number of hydrogen-bond donors (Lipinski definition) is 1. The van der Waals surface area contributed by atoms with Gasteiger partial charge in [0, 0.05) is 31.0 Å². The molecule has 1 aromatic carbocycles. The first-order valence-electron chi connectivity index (χ1n) is 8.81. The molecule has 23 heavy (non-hydrogen) atoms. The van der Waals surface area contributed by atoms with Crippen LogP contribution >= 0.6 is 0 Å². The Kier molecular flexibility index (Phi) is 3.63. The Labute approximate surface area is 137 Å². The van der Waals surface area contributed by atoms with Gasteiger partial charge in [0.25, 0.3) is 0 Å². The minimum absolute atomic E-state index is 0.0590. The molecule has 3 fully saturated rings. The molecule has 1 unspecified atom stereocenters. The van der Waals surface area contributed by atoms with Crippen molar-refractivity contribution in [2.45, 2.75) is 50.0 Å². The number of benzene rings is 1. The van der Waals surface area contributed by atoms with Gasteiger partial charge in [-0.1, -0.05) is 36.8 Å². The van der Waals surface area contributed by atoms with Crippen LogP contribution in [0.15, 0.2) is 30.3 Å². The Morgan fingerprint density at radius 3 is 2.57 bits per heavy atom. The van der Waals surface area contributed by atoms with E-state index in [0.29, 0.717) is 25.6 Å². The minimum atomic E-state index is -0.156. The maximum atomic E-state index is 12.5. The van der Waals surface area contributed by atoms with Crippen molar-refractivity contribution in [2.24, 2.45) is 5.92 Å². The molecule has 4 heteroatoms. The summed E-state index contributed by atoms with van der Waals surface area (Å²) in [6.07, 6.45) is 6.10. The Hall–Kier alpha value is -1.84. The number of nitrogens with one attached hydrogen (secondary N) is 1. The molecule has 4 rings (SSSR count). The topological polar surface area (TPSA) is 49.4 Å². The lowest BCUT2D eigenvalue weighted by Crippen LogP contribution is -2.47. The number of likely N-dealkylation sites (tertiary alicyclic amines) is 1. The molecule has 0 bridgehead atoms. The summed E-state index contributed by atoms with van der Waals surface area (Å²) in [5, 5.41) is 3.15. The number of carbonyl (C=O) groups excluding carboxylic acids is 2. The predicted molar refractivity (Wildman–Crippen MR) is 87.8 cm³/mol. The molecule has 3 aliphatic rings. The lowest BCUT2D eigenvalue weighted by molar-refractivity contribution is -0.129. The first-order chi connectivity index (χ1) is 11.2. The third-order valence-corrected chi connectivity index (χ3v) is 5.81. The average molecular weight is 312 g/mol. The van der Waals surface area contributed by atoms with Crippen LogP contribution in [0, 0.1) is 5.92 Å². The highest BCUT2D eigenvalue weighted by Gasteiger charge is 2.43. The standard InChI is InChI=1S/C19H24N2O2/c22-17-11-14(12-21(17)16-7-8-16)18(23)20-13-19(9-4-10-19)15-5-2-1-3-6-15/h1-3,5-6,14,16H,4,7-13H2,(H,20,23). The Balaban J connectivity index is 1.37. The molecule has 1 heterocycles. The van der Waals surface area contributed by atoms with Gasteiger partial charge in [0.2, 0.25) is 11.8 Å². The van der Waals surface area contributed by atoms with Gasteiger partial charge < -0.3 is 10.2 Å². The molecule has 1 N–H and O–H groups in total. The second-order valence-corrected chi connectivity index (χ2v) is 7.40. The fourth-order valence-electron chi connectivity index (χ4n) is 4.01. The Bertz CT molecular complexity index is 605. The van der Waals surface area contributed by atoms with Crippen LogP contribution in [0.2, 0.25) is 0 Å². The molecule has 0 radical (unpaired) electrons. The van der Waals surface area contributed by atoms with Crippen molar-refractivity contribution in [2.75, 3.05) is 13.1 Å². The summed E-state index contributed by atoms with van der Waals surface area (Å²) in [7, 11) is 0. The first kappa shape index (κ1) is 14.7. The molecule has 122 valence electrons. The van der Waals surface area contributed by atoms with Crippen LogP contribution in [0.1, 0.15) is 44.1 Å². The highest BCUT2D eigenvalue weighted by atomic mass is 16.2. The molecular formula is C19H24N2O2. The van der Waals surface area contributed by atoms with Crippen molar-refractivity contribution < 1.29 is 9.59 Å². The number of amides is 2. The highest BCUT2D eigenvalue weighted by molar-refractivity contribution is 5.89. The average Bonchev–Trinajstić information content (AvgIpc) is 3.29. The third kappa shape index (κ3) is 2.75. The van der Waals surface area contributed by atoms with Crippen LogP contribution in [0.25, 0.3) is 0 Å². The van der Waals surface area contributed by atoms with E-state index in [2.05, 4.69) is 29.6 Å². The smallest absolute Gasteiger partial charge is 0.225 e. The molecule has 0 aromatic heterocycles. The van der Waals surface area contributed by atoms with Gasteiger partial charge in [-0.2, -0.15) is 0 Å². The number of carbonyl (C=O) groups is 2. The molecule has 0 spiro atoms. The third-order valence-electron chi connectivity index (χ3n) is 5.81. The molecular weight excluding hydrogens is 288 g/mol. The van der Waals surface area contributed by atoms with Gasteiger partial charge in [0.1, 0.15) is 0 Å². The summed E-state index contributed by atoms with van der Waals surface area (Å²) in [4.78, 5) is 26.4.